The molecule has 0 amide bonds. The number of rotatable bonds is 3. The molecule has 1 heterocycles. The molecule has 0 aromatic rings. The van der Waals surface area contributed by atoms with E-state index in [0.29, 0.717) is 0 Å². The molecule has 4 atom stereocenters. The van der Waals surface area contributed by atoms with Gasteiger partial charge < -0.3 is 5.32 Å². The van der Waals surface area contributed by atoms with E-state index in [0.717, 1.165) is 23.9 Å². The lowest BCUT2D eigenvalue weighted by Crippen LogP contribution is -2.29. The van der Waals surface area contributed by atoms with Crippen LogP contribution in [-0.2, 0) is 0 Å². The van der Waals surface area contributed by atoms with Crippen molar-refractivity contribution in [3.8, 4) is 0 Å². The van der Waals surface area contributed by atoms with E-state index in [1.165, 1.54) is 19.3 Å². The van der Waals surface area contributed by atoms with Crippen LogP contribution in [0, 0.1) is 11.8 Å². The van der Waals surface area contributed by atoms with E-state index in [1.807, 2.05) is 0 Å². The molecule has 0 aromatic carbocycles. The maximum Gasteiger partial charge on any atom is 0.00984 e. The minimum atomic E-state index is 0.728. The molecule has 1 fully saturated rings. The van der Waals surface area contributed by atoms with E-state index in [1.54, 1.807) is 0 Å². The van der Waals surface area contributed by atoms with Crippen LogP contribution in [0.15, 0.2) is 0 Å². The fourth-order valence-electron chi connectivity index (χ4n) is 2.57. The summed E-state index contributed by atoms with van der Waals surface area (Å²) >= 11 is 0. The molecule has 1 heteroatoms. The van der Waals surface area contributed by atoms with Crippen LogP contribution in [0.2, 0.25) is 0 Å². The maximum atomic E-state index is 3.69. The van der Waals surface area contributed by atoms with Crippen molar-refractivity contribution in [3.63, 3.8) is 0 Å². The van der Waals surface area contributed by atoms with Crippen LogP contribution in [0.1, 0.15) is 47.0 Å². The predicted molar refractivity (Wildman–Crippen MR) is 54.2 cm³/mol. The Morgan fingerprint density at radius 2 is 1.83 bits per heavy atom. The van der Waals surface area contributed by atoms with Gasteiger partial charge in [0.15, 0.2) is 0 Å². The van der Waals surface area contributed by atoms with E-state index in [2.05, 4.69) is 33.0 Å². The molecular formula is C11H23N. The number of nitrogens with one attached hydrogen (secondary N) is 1. The van der Waals surface area contributed by atoms with Gasteiger partial charge in [-0.05, 0) is 31.6 Å². The highest BCUT2D eigenvalue weighted by molar-refractivity contribution is 4.92. The Balaban J connectivity index is 2.53. The third kappa shape index (κ3) is 1.82. The maximum absolute atomic E-state index is 3.69. The Bertz CT molecular complexity index is 133. The number of hydrogen-bond acceptors (Lipinski definition) is 1. The zero-order chi connectivity index (χ0) is 9.14. The van der Waals surface area contributed by atoms with Crippen LogP contribution < -0.4 is 5.32 Å². The second-order valence-electron chi connectivity index (χ2n) is 4.28. The molecule has 1 saturated heterocycles. The fourth-order valence-corrected chi connectivity index (χ4v) is 2.57. The van der Waals surface area contributed by atoms with Gasteiger partial charge in [0.1, 0.15) is 0 Å². The summed E-state index contributed by atoms with van der Waals surface area (Å²) in [5.74, 6) is 1.80. The van der Waals surface area contributed by atoms with E-state index in [4.69, 9.17) is 0 Å². The van der Waals surface area contributed by atoms with Crippen LogP contribution in [0.4, 0.5) is 0 Å². The quantitative estimate of drug-likeness (QED) is 0.685. The summed E-state index contributed by atoms with van der Waals surface area (Å²) in [7, 11) is 0. The molecular weight excluding hydrogens is 146 g/mol. The molecule has 12 heavy (non-hydrogen) atoms. The van der Waals surface area contributed by atoms with Crippen molar-refractivity contribution >= 4 is 0 Å². The minimum Gasteiger partial charge on any atom is -0.311 e. The van der Waals surface area contributed by atoms with Crippen LogP contribution in [-0.4, -0.2) is 12.1 Å². The second-order valence-corrected chi connectivity index (χ2v) is 4.28. The van der Waals surface area contributed by atoms with E-state index < -0.39 is 0 Å². The molecule has 1 rings (SSSR count). The molecule has 1 nitrogen and oxygen atoms in total. The van der Waals surface area contributed by atoms with E-state index in [9.17, 15) is 0 Å². The molecule has 72 valence electrons. The summed E-state index contributed by atoms with van der Waals surface area (Å²) in [6, 6.07) is 1.52. The smallest absolute Gasteiger partial charge is 0.00984 e. The molecule has 1 aliphatic rings. The van der Waals surface area contributed by atoms with E-state index >= 15 is 0 Å². The average Bonchev–Trinajstić information content (AvgIpc) is 2.33. The van der Waals surface area contributed by atoms with Gasteiger partial charge in [-0.2, -0.15) is 0 Å². The highest BCUT2D eigenvalue weighted by atomic mass is 15.0. The first kappa shape index (κ1) is 10.0. The van der Waals surface area contributed by atoms with Crippen LogP contribution >= 0.6 is 0 Å². The van der Waals surface area contributed by atoms with Gasteiger partial charge in [0.25, 0.3) is 0 Å². The highest BCUT2D eigenvalue weighted by Crippen LogP contribution is 2.31. The van der Waals surface area contributed by atoms with Crippen LogP contribution in [0.25, 0.3) is 0 Å². The lowest BCUT2D eigenvalue weighted by Gasteiger charge is -2.20. The highest BCUT2D eigenvalue weighted by Gasteiger charge is 2.35. The SMILES string of the molecule is CCCC1C(CC)NC(C)C1C. The van der Waals surface area contributed by atoms with Gasteiger partial charge in [0.2, 0.25) is 0 Å². The standard InChI is InChI=1S/C11H23N/c1-5-7-10-8(3)9(4)12-11(10)6-2/h8-12H,5-7H2,1-4H3. The molecule has 0 spiro atoms. The molecule has 0 radical (unpaired) electrons. The zero-order valence-electron chi connectivity index (χ0n) is 8.93. The van der Waals surface area contributed by atoms with Gasteiger partial charge in [-0.1, -0.05) is 27.2 Å². The summed E-state index contributed by atoms with van der Waals surface area (Å²) in [6.45, 7) is 9.31. The molecule has 1 aliphatic heterocycles. The molecule has 0 aromatic heterocycles. The number of hydrogen-bond donors (Lipinski definition) is 1. The summed E-state index contributed by atoms with van der Waals surface area (Å²) in [6.07, 6.45) is 4.02. The van der Waals surface area contributed by atoms with Gasteiger partial charge in [0, 0.05) is 12.1 Å². The second kappa shape index (κ2) is 4.27. The van der Waals surface area contributed by atoms with Crippen LogP contribution in [0.5, 0.6) is 0 Å². The fraction of sp³-hybridized carbons (Fsp3) is 1.00. The first-order valence-corrected chi connectivity index (χ1v) is 5.46. The average molecular weight is 169 g/mol. The lowest BCUT2D eigenvalue weighted by molar-refractivity contribution is 0.338. The molecule has 0 saturated carbocycles. The first-order chi connectivity index (χ1) is 5.70. The van der Waals surface area contributed by atoms with Crippen molar-refractivity contribution in [1.82, 2.24) is 5.32 Å². The third-order valence-electron chi connectivity index (χ3n) is 3.52. The Morgan fingerprint density at radius 1 is 1.17 bits per heavy atom. The van der Waals surface area contributed by atoms with Gasteiger partial charge >= 0.3 is 0 Å². The summed E-state index contributed by atoms with van der Waals surface area (Å²) in [5, 5.41) is 3.69. The van der Waals surface area contributed by atoms with Gasteiger partial charge in [-0.15, -0.1) is 0 Å². The van der Waals surface area contributed by atoms with Crippen molar-refractivity contribution in [2.24, 2.45) is 11.8 Å². The molecule has 1 N–H and O–H groups in total. The Morgan fingerprint density at radius 3 is 2.33 bits per heavy atom. The third-order valence-corrected chi connectivity index (χ3v) is 3.52. The first-order valence-electron chi connectivity index (χ1n) is 5.46. The minimum absolute atomic E-state index is 0.728. The van der Waals surface area contributed by atoms with Gasteiger partial charge in [-0.25, -0.2) is 0 Å². The van der Waals surface area contributed by atoms with Crippen molar-refractivity contribution in [1.29, 1.82) is 0 Å². The Kier molecular flexibility index (Phi) is 3.57. The monoisotopic (exact) mass is 169 g/mol. The lowest BCUT2D eigenvalue weighted by atomic mass is 9.85. The topological polar surface area (TPSA) is 12.0 Å². The van der Waals surface area contributed by atoms with Gasteiger partial charge in [0.05, 0.1) is 0 Å². The van der Waals surface area contributed by atoms with Gasteiger partial charge in [-0.3, -0.25) is 0 Å². The van der Waals surface area contributed by atoms with Crippen molar-refractivity contribution in [2.75, 3.05) is 0 Å². The van der Waals surface area contributed by atoms with E-state index in [-0.39, 0.29) is 0 Å². The Hall–Kier alpha value is -0.0400. The largest absolute Gasteiger partial charge is 0.311 e. The van der Waals surface area contributed by atoms with Crippen molar-refractivity contribution in [2.45, 2.75) is 59.0 Å². The van der Waals surface area contributed by atoms with Crippen molar-refractivity contribution < 1.29 is 0 Å². The predicted octanol–water partition coefficient (Wildman–Crippen LogP) is 2.81. The summed E-state index contributed by atoms with van der Waals surface area (Å²) < 4.78 is 0. The Labute approximate surface area is 76.9 Å². The molecule has 0 bridgehead atoms. The van der Waals surface area contributed by atoms with Crippen LogP contribution in [0.3, 0.4) is 0 Å². The van der Waals surface area contributed by atoms with Crippen molar-refractivity contribution in [3.05, 3.63) is 0 Å². The zero-order valence-corrected chi connectivity index (χ0v) is 8.93. The summed E-state index contributed by atoms with van der Waals surface area (Å²) in [4.78, 5) is 0. The normalized spacial score (nSPS) is 42.0. The molecule has 4 unspecified atom stereocenters. The summed E-state index contributed by atoms with van der Waals surface area (Å²) in [5.41, 5.74) is 0. The molecule has 0 aliphatic carbocycles.